The summed E-state index contributed by atoms with van der Waals surface area (Å²) in [5.74, 6) is -0.0207. The minimum atomic E-state index is -0.542. The van der Waals surface area contributed by atoms with E-state index in [2.05, 4.69) is 10.9 Å². The summed E-state index contributed by atoms with van der Waals surface area (Å²) in [7, 11) is 1.42. The van der Waals surface area contributed by atoms with Crippen molar-refractivity contribution in [2.45, 2.75) is 17.7 Å². The third-order valence-corrected chi connectivity index (χ3v) is 5.60. The van der Waals surface area contributed by atoms with Gasteiger partial charge in [-0.15, -0.1) is 11.8 Å². The van der Waals surface area contributed by atoms with E-state index in [9.17, 15) is 14.4 Å². The number of hydrazine groups is 1. The quantitative estimate of drug-likeness (QED) is 0.707. The van der Waals surface area contributed by atoms with Crippen LogP contribution in [0.5, 0.6) is 5.75 Å². The molecular weight excluding hydrogens is 414 g/mol. The number of benzene rings is 2. The van der Waals surface area contributed by atoms with Crippen LogP contribution < -0.4 is 20.5 Å². The molecule has 0 saturated carbocycles. The van der Waals surface area contributed by atoms with Crippen molar-refractivity contribution in [3.8, 4) is 5.75 Å². The molecule has 0 bridgehead atoms. The summed E-state index contributed by atoms with van der Waals surface area (Å²) in [6.07, 6.45) is 0.00759. The van der Waals surface area contributed by atoms with Gasteiger partial charge in [0.15, 0.2) is 0 Å². The Morgan fingerprint density at radius 3 is 2.72 bits per heavy atom. The van der Waals surface area contributed by atoms with Crippen molar-refractivity contribution in [1.82, 2.24) is 10.9 Å². The molecule has 152 valence electrons. The zero-order valence-corrected chi connectivity index (χ0v) is 17.3. The second-order valence-electron chi connectivity index (χ2n) is 6.21. The zero-order valence-electron chi connectivity index (χ0n) is 15.7. The van der Waals surface area contributed by atoms with Crippen LogP contribution >= 0.6 is 23.4 Å². The molecule has 0 radical (unpaired) electrons. The van der Waals surface area contributed by atoms with Crippen LogP contribution in [0.1, 0.15) is 23.2 Å². The largest absolute Gasteiger partial charge is 0.496 e. The molecule has 0 unspecified atom stereocenters. The Morgan fingerprint density at radius 2 is 1.93 bits per heavy atom. The fourth-order valence-electron chi connectivity index (χ4n) is 2.89. The summed E-state index contributed by atoms with van der Waals surface area (Å²) in [5, 5.41) is 0.429. The maximum Gasteiger partial charge on any atom is 0.273 e. The van der Waals surface area contributed by atoms with Gasteiger partial charge >= 0.3 is 0 Å². The number of para-hydroxylation sites is 1. The van der Waals surface area contributed by atoms with Crippen molar-refractivity contribution >= 4 is 46.8 Å². The van der Waals surface area contributed by atoms with Crippen molar-refractivity contribution in [3.05, 3.63) is 53.1 Å². The number of carbonyl (C=O) groups excluding carboxylic acids is 3. The lowest BCUT2D eigenvalue weighted by Crippen LogP contribution is -2.42. The van der Waals surface area contributed by atoms with E-state index in [1.807, 2.05) is 24.3 Å². The van der Waals surface area contributed by atoms with Crippen LogP contribution in [-0.2, 0) is 9.59 Å². The standard InChI is InChI=1S/C20H20ClN3O4S/c1-28-16-12-13(21)6-7-14(16)20(27)23-22-18(25)8-9-19(26)24-10-11-29-17-5-3-2-4-15(17)24/h2-7,12H,8-11H2,1H3,(H,22,25)(H,23,27). The van der Waals surface area contributed by atoms with Crippen LogP contribution in [-0.4, -0.2) is 37.1 Å². The minimum absolute atomic E-state index is 0.0390. The van der Waals surface area contributed by atoms with Gasteiger partial charge in [0, 0.05) is 35.1 Å². The fourth-order valence-corrected chi connectivity index (χ4v) is 4.05. The molecular formula is C20H20ClN3O4S. The van der Waals surface area contributed by atoms with Gasteiger partial charge in [-0.3, -0.25) is 25.2 Å². The topological polar surface area (TPSA) is 87.7 Å². The maximum absolute atomic E-state index is 12.6. The number of hydrogen-bond donors (Lipinski definition) is 2. The number of hydrogen-bond acceptors (Lipinski definition) is 5. The lowest BCUT2D eigenvalue weighted by Gasteiger charge is -2.29. The predicted octanol–water partition coefficient (Wildman–Crippen LogP) is 3.03. The second kappa shape index (κ2) is 9.67. The zero-order chi connectivity index (χ0) is 20.8. The van der Waals surface area contributed by atoms with Crippen molar-refractivity contribution in [2.75, 3.05) is 24.3 Å². The highest BCUT2D eigenvalue weighted by atomic mass is 35.5. The smallest absolute Gasteiger partial charge is 0.273 e. The molecule has 0 saturated heterocycles. The molecule has 2 aromatic carbocycles. The first-order valence-electron chi connectivity index (χ1n) is 8.94. The predicted molar refractivity (Wildman–Crippen MR) is 112 cm³/mol. The number of halogens is 1. The third kappa shape index (κ3) is 5.21. The number of anilines is 1. The number of nitrogens with zero attached hydrogens (tertiary/aromatic N) is 1. The Kier molecular flexibility index (Phi) is 7.00. The van der Waals surface area contributed by atoms with Gasteiger partial charge in [-0.25, -0.2) is 0 Å². The molecule has 3 amide bonds. The molecule has 0 fully saturated rings. The summed E-state index contributed by atoms with van der Waals surface area (Å²) in [5.41, 5.74) is 5.75. The lowest BCUT2D eigenvalue weighted by atomic mass is 10.2. The Labute approximate surface area is 177 Å². The summed E-state index contributed by atoms with van der Waals surface area (Å²) in [4.78, 5) is 39.6. The van der Waals surface area contributed by atoms with Crippen molar-refractivity contribution in [2.24, 2.45) is 0 Å². The summed E-state index contributed by atoms with van der Waals surface area (Å²) >= 11 is 7.58. The Balaban J connectivity index is 1.51. The van der Waals surface area contributed by atoms with E-state index in [4.69, 9.17) is 16.3 Å². The molecule has 0 aromatic heterocycles. The number of carbonyl (C=O) groups is 3. The number of thioether (sulfide) groups is 1. The molecule has 3 rings (SSSR count). The van der Waals surface area contributed by atoms with E-state index in [0.717, 1.165) is 16.3 Å². The number of nitrogens with one attached hydrogen (secondary N) is 2. The van der Waals surface area contributed by atoms with E-state index < -0.39 is 11.8 Å². The molecule has 7 nitrogen and oxygen atoms in total. The first kappa shape index (κ1) is 21.0. The number of amides is 3. The highest BCUT2D eigenvalue weighted by Gasteiger charge is 2.23. The summed E-state index contributed by atoms with van der Waals surface area (Å²) in [6, 6.07) is 12.3. The first-order chi connectivity index (χ1) is 14.0. The highest BCUT2D eigenvalue weighted by Crippen LogP contribution is 2.34. The van der Waals surface area contributed by atoms with Gasteiger partial charge in [0.2, 0.25) is 11.8 Å². The average Bonchev–Trinajstić information content (AvgIpc) is 2.75. The van der Waals surface area contributed by atoms with Crippen LogP contribution in [0.2, 0.25) is 5.02 Å². The van der Waals surface area contributed by atoms with Crippen LogP contribution in [0.3, 0.4) is 0 Å². The number of methoxy groups -OCH3 is 1. The molecule has 29 heavy (non-hydrogen) atoms. The summed E-state index contributed by atoms with van der Waals surface area (Å²) < 4.78 is 5.12. The van der Waals surface area contributed by atoms with Crippen LogP contribution in [0.25, 0.3) is 0 Å². The Morgan fingerprint density at radius 1 is 1.14 bits per heavy atom. The van der Waals surface area contributed by atoms with Crippen molar-refractivity contribution < 1.29 is 19.1 Å². The van der Waals surface area contributed by atoms with Gasteiger partial charge in [0.05, 0.1) is 18.4 Å². The second-order valence-corrected chi connectivity index (χ2v) is 7.78. The SMILES string of the molecule is COc1cc(Cl)ccc1C(=O)NNC(=O)CCC(=O)N1CCSc2ccccc21. The van der Waals surface area contributed by atoms with Gasteiger partial charge in [-0.05, 0) is 30.3 Å². The third-order valence-electron chi connectivity index (χ3n) is 4.32. The Hall–Kier alpha value is -2.71. The fraction of sp³-hybridized carbons (Fsp3) is 0.250. The van der Waals surface area contributed by atoms with Crippen molar-refractivity contribution in [1.29, 1.82) is 0 Å². The van der Waals surface area contributed by atoms with Crippen LogP contribution in [0.15, 0.2) is 47.4 Å². The van der Waals surface area contributed by atoms with E-state index in [-0.39, 0.29) is 24.3 Å². The maximum atomic E-state index is 12.6. The molecule has 1 heterocycles. The van der Waals surface area contributed by atoms with E-state index in [1.165, 1.54) is 19.2 Å². The van der Waals surface area contributed by atoms with Gasteiger partial charge in [-0.1, -0.05) is 23.7 Å². The molecule has 1 aliphatic rings. The van der Waals surface area contributed by atoms with Crippen LogP contribution in [0, 0.1) is 0 Å². The number of fused-ring (bicyclic) bond motifs is 1. The molecule has 2 N–H and O–H groups in total. The van der Waals surface area contributed by atoms with Crippen molar-refractivity contribution in [3.63, 3.8) is 0 Å². The van der Waals surface area contributed by atoms with Gasteiger partial charge in [0.1, 0.15) is 5.75 Å². The molecule has 0 atom stereocenters. The average molecular weight is 434 g/mol. The van der Waals surface area contributed by atoms with Gasteiger partial charge in [-0.2, -0.15) is 0 Å². The number of ether oxygens (including phenoxy) is 1. The van der Waals surface area contributed by atoms with E-state index >= 15 is 0 Å². The number of rotatable bonds is 5. The summed E-state index contributed by atoms with van der Waals surface area (Å²) in [6.45, 7) is 0.606. The molecule has 0 spiro atoms. The molecule has 0 aliphatic carbocycles. The molecule has 1 aliphatic heterocycles. The lowest BCUT2D eigenvalue weighted by molar-refractivity contribution is -0.125. The first-order valence-corrected chi connectivity index (χ1v) is 10.3. The van der Waals surface area contributed by atoms with Gasteiger partial charge < -0.3 is 9.64 Å². The van der Waals surface area contributed by atoms with E-state index in [0.29, 0.717) is 17.3 Å². The molecule has 2 aromatic rings. The molecule has 9 heteroatoms. The normalized spacial score (nSPS) is 12.7. The monoisotopic (exact) mass is 433 g/mol. The highest BCUT2D eigenvalue weighted by molar-refractivity contribution is 7.99. The minimum Gasteiger partial charge on any atom is -0.496 e. The van der Waals surface area contributed by atoms with Crippen LogP contribution in [0.4, 0.5) is 5.69 Å². The van der Waals surface area contributed by atoms with E-state index in [1.54, 1.807) is 22.7 Å². The van der Waals surface area contributed by atoms with Gasteiger partial charge in [0.25, 0.3) is 5.91 Å². The Bertz CT molecular complexity index is 938.